The number of nitrogens with one attached hydrogen (secondary N) is 1. The quantitative estimate of drug-likeness (QED) is 0.842. The first-order valence-corrected chi connectivity index (χ1v) is 8.60. The molecule has 0 radical (unpaired) electrons. The van der Waals surface area contributed by atoms with Crippen LogP contribution in [0.3, 0.4) is 0 Å². The number of hydrogen-bond acceptors (Lipinski definition) is 3. The Morgan fingerprint density at radius 2 is 1.90 bits per heavy atom. The van der Waals surface area contributed by atoms with Gasteiger partial charge in [-0.2, -0.15) is 0 Å². The molecule has 0 aromatic carbocycles. The van der Waals surface area contributed by atoms with Crippen LogP contribution in [0.4, 0.5) is 0 Å². The highest BCUT2D eigenvalue weighted by atomic mass is 16.5. The Hall–Kier alpha value is -0.120. The number of nitrogens with zero attached hydrogens (tertiary/aromatic N) is 1. The van der Waals surface area contributed by atoms with Crippen molar-refractivity contribution in [1.29, 1.82) is 0 Å². The average molecular weight is 280 g/mol. The Bertz CT molecular complexity index is 351. The molecule has 3 atom stereocenters. The molecule has 1 saturated carbocycles. The molecule has 3 nitrogen and oxygen atoms in total. The van der Waals surface area contributed by atoms with E-state index in [1.165, 1.54) is 38.6 Å². The third-order valence-corrected chi connectivity index (χ3v) is 6.40. The standard InChI is InChI=1S/C17H32N2O/c1-13(2)15-11-18-17(7-5-6-8-17)12-19(15)16(4)9-10-20-14(16)3/h13-15,18H,5-12H2,1-4H3. The van der Waals surface area contributed by atoms with Crippen molar-refractivity contribution in [3.8, 4) is 0 Å². The Labute approximate surface area is 124 Å². The van der Waals surface area contributed by atoms with Crippen molar-refractivity contribution in [1.82, 2.24) is 10.2 Å². The second kappa shape index (κ2) is 5.26. The minimum atomic E-state index is 0.229. The molecule has 3 fully saturated rings. The van der Waals surface area contributed by atoms with E-state index < -0.39 is 0 Å². The molecule has 3 aliphatic rings. The highest BCUT2D eigenvalue weighted by molar-refractivity contribution is 5.08. The van der Waals surface area contributed by atoms with Crippen LogP contribution < -0.4 is 5.32 Å². The van der Waals surface area contributed by atoms with Crippen LogP contribution in [0.2, 0.25) is 0 Å². The average Bonchev–Trinajstić information content (AvgIpc) is 2.99. The van der Waals surface area contributed by atoms with E-state index in [1.54, 1.807) is 0 Å². The van der Waals surface area contributed by atoms with E-state index in [-0.39, 0.29) is 5.54 Å². The molecule has 0 aromatic rings. The molecule has 1 aliphatic carbocycles. The summed E-state index contributed by atoms with van der Waals surface area (Å²) >= 11 is 0. The molecule has 3 rings (SSSR count). The van der Waals surface area contributed by atoms with Crippen LogP contribution in [0.15, 0.2) is 0 Å². The van der Waals surface area contributed by atoms with Crippen molar-refractivity contribution in [2.24, 2.45) is 5.92 Å². The number of rotatable bonds is 2. The summed E-state index contributed by atoms with van der Waals surface area (Å²) in [6, 6.07) is 0.648. The van der Waals surface area contributed by atoms with Gasteiger partial charge in [-0.15, -0.1) is 0 Å². The zero-order valence-electron chi connectivity index (χ0n) is 13.7. The Kier molecular flexibility index (Phi) is 3.89. The van der Waals surface area contributed by atoms with Gasteiger partial charge in [0.1, 0.15) is 0 Å². The maximum atomic E-state index is 5.94. The third kappa shape index (κ3) is 2.32. The summed E-state index contributed by atoms with van der Waals surface area (Å²) < 4.78 is 5.94. The second-order valence-electron chi connectivity index (χ2n) is 7.93. The molecule has 0 amide bonds. The molecule has 2 heterocycles. The molecule has 3 heteroatoms. The summed E-state index contributed by atoms with van der Waals surface area (Å²) in [5, 5.41) is 3.93. The number of ether oxygens (including phenoxy) is 1. The molecule has 0 bridgehead atoms. The van der Waals surface area contributed by atoms with Gasteiger partial charge in [-0.05, 0) is 39.0 Å². The molecular formula is C17H32N2O. The molecule has 1 N–H and O–H groups in total. The Morgan fingerprint density at radius 3 is 2.45 bits per heavy atom. The maximum Gasteiger partial charge on any atom is 0.0728 e. The molecule has 1 spiro atoms. The van der Waals surface area contributed by atoms with Crippen molar-refractivity contribution in [3.05, 3.63) is 0 Å². The van der Waals surface area contributed by atoms with Gasteiger partial charge in [0.15, 0.2) is 0 Å². The van der Waals surface area contributed by atoms with Crippen molar-refractivity contribution >= 4 is 0 Å². The van der Waals surface area contributed by atoms with E-state index in [1.807, 2.05) is 0 Å². The van der Waals surface area contributed by atoms with Crippen LogP contribution in [-0.2, 0) is 4.74 Å². The van der Waals surface area contributed by atoms with E-state index in [0.29, 0.717) is 23.6 Å². The zero-order valence-corrected chi connectivity index (χ0v) is 13.7. The van der Waals surface area contributed by atoms with Crippen molar-refractivity contribution < 1.29 is 4.74 Å². The summed E-state index contributed by atoms with van der Waals surface area (Å²) in [7, 11) is 0. The van der Waals surface area contributed by atoms with E-state index in [2.05, 4.69) is 37.9 Å². The minimum Gasteiger partial charge on any atom is -0.377 e. The van der Waals surface area contributed by atoms with E-state index in [9.17, 15) is 0 Å². The molecule has 2 saturated heterocycles. The largest absolute Gasteiger partial charge is 0.377 e. The second-order valence-corrected chi connectivity index (χ2v) is 7.93. The van der Waals surface area contributed by atoms with E-state index >= 15 is 0 Å². The first-order valence-electron chi connectivity index (χ1n) is 8.60. The molecular weight excluding hydrogens is 248 g/mol. The summed E-state index contributed by atoms with van der Waals surface area (Å²) in [5.41, 5.74) is 0.628. The lowest BCUT2D eigenvalue weighted by atomic mass is 9.82. The van der Waals surface area contributed by atoms with Gasteiger partial charge in [0, 0.05) is 36.8 Å². The molecule has 20 heavy (non-hydrogen) atoms. The molecule has 3 unspecified atom stereocenters. The lowest BCUT2D eigenvalue weighted by molar-refractivity contribution is -0.0544. The fourth-order valence-corrected chi connectivity index (χ4v) is 4.67. The van der Waals surface area contributed by atoms with Crippen LogP contribution in [0, 0.1) is 5.92 Å². The predicted octanol–water partition coefficient (Wildman–Crippen LogP) is 2.80. The topological polar surface area (TPSA) is 24.5 Å². The molecule has 0 aromatic heterocycles. The fraction of sp³-hybridized carbons (Fsp3) is 1.00. The first-order chi connectivity index (χ1) is 9.47. The lowest BCUT2D eigenvalue weighted by Crippen LogP contribution is -2.70. The highest BCUT2D eigenvalue weighted by Gasteiger charge is 2.51. The van der Waals surface area contributed by atoms with Gasteiger partial charge >= 0.3 is 0 Å². The maximum absolute atomic E-state index is 5.94. The monoisotopic (exact) mass is 280 g/mol. The van der Waals surface area contributed by atoms with Gasteiger partial charge in [-0.25, -0.2) is 0 Å². The van der Waals surface area contributed by atoms with Gasteiger partial charge in [0.2, 0.25) is 0 Å². The van der Waals surface area contributed by atoms with E-state index in [0.717, 1.165) is 13.2 Å². The molecule has 2 aliphatic heterocycles. The minimum absolute atomic E-state index is 0.229. The van der Waals surface area contributed by atoms with Gasteiger partial charge in [-0.1, -0.05) is 26.7 Å². The zero-order chi connectivity index (χ0) is 14.4. The van der Waals surface area contributed by atoms with Gasteiger partial charge in [-0.3, -0.25) is 4.90 Å². The van der Waals surface area contributed by atoms with Crippen molar-refractivity contribution in [2.75, 3.05) is 19.7 Å². The summed E-state index contributed by atoms with van der Waals surface area (Å²) in [6.45, 7) is 12.8. The van der Waals surface area contributed by atoms with Crippen molar-refractivity contribution in [3.63, 3.8) is 0 Å². The van der Waals surface area contributed by atoms with Gasteiger partial charge in [0.05, 0.1) is 6.10 Å². The molecule has 116 valence electrons. The van der Waals surface area contributed by atoms with Crippen LogP contribution >= 0.6 is 0 Å². The number of piperazine rings is 1. The lowest BCUT2D eigenvalue weighted by Gasteiger charge is -2.55. The number of hydrogen-bond donors (Lipinski definition) is 1. The van der Waals surface area contributed by atoms with Crippen molar-refractivity contribution in [2.45, 2.75) is 83.0 Å². The fourth-order valence-electron chi connectivity index (χ4n) is 4.67. The Balaban J connectivity index is 1.85. The van der Waals surface area contributed by atoms with Gasteiger partial charge < -0.3 is 10.1 Å². The smallest absolute Gasteiger partial charge is 0.0728 e. The van der Waals surface area contributed by atoms with Crippen LogP contribution in [0.5, 0.6) is 0 Å². The van der Waals surface area contributed by atoms with Crippen LogP contribution in [0.1, 0.15) is 59.8 Å². The predicted molar refractivity (Wildman–Crippen MR) is 83.0 cm³/mol. The highest BCUT2D eigenvalue weighted by Crippen LogP contribution is 2.41. The summed E-state index contributed by atoms with van der Waals surface area (Å²) in [4.78, 5) is 2.83. The summed E-state index contributed by atoms with van der Waals surface area (Å²) in [6.07, 6.45) is 7.07. The van der Waals surface area contributed by atoms with E-state index in [4.69, 9.17) is 4.74 Å². The summed E-state index contributed by atoms with van der Waals surface area (Å²) in [5.74, 6) is 0.700. The normalized spacial score (nSPS) is 41.9. The van der Waals surface area contributed by atoms with Crippen LogP contribution in [-0.4, -0.2) is 47.8 Å². The third-order valence-electron chi connectivity index (χ3n) is 6.40. The van der Waals surface area contributed by atoms with Crippen LogP contribution in [0.25, 0.3) is 0 Å². The first kappa shape index (κ1) is 14.8. The Morgan fingerprint density at radius 1 is 1.20 bits per heavy atom. The van der Waals surface area contributed by atoms with Gasteiger partial charge in [0.25, 0.3) is 0 Å². The SMILES string of the molecule is CC(C)C1CNC2(CCCC2)CN1C1(C)CCOC1C.